The van der Waals surface area contributed by atoms with Gasteiger partial charge < -0.3 is 4.74 Å². The highest BCUT2D eigenvalue weighted by Crippen LogP contribution is 2.37. The fourth-order valence-electron chi connectivity index (χ4n) is 2.64. The van der Waals surface area contributed by atoms with Gasteiger partial charge in [0.2, 0.25) is 0 Å². The number of hydrogen-bond acceptors (Lipinski definition) is 3. The third-order valence-electron chi connectivity index (χ3n) is 3.61. The number of benzene rings is 1. The molecule has 1 heterocycles. The van der Waals surface area contributed by atoms with Crippen LogP contribution in [-0.2, 0) is 9.53 Å². The molecular formula is C17H19BrClNO2. The fourth-order valence-corrected chi connectivity index (χ4v) is 3.70. The van der Waals surface area contributed by atoms with Gasteiger partial charge in [-0.2, -0.15) is 0 Å². The Morgan fingerprint density at radius 2 is 2.14 bits per heavy atom. The molecule has 1 atom stereocenters. The van der Waals surface area contributed by atoms with E-state index in [0.29, 0.717) is 11.6 Å². The lowest BCUT2D eigenvalue weighted by Gasteiger charge is -2.20. The van der Waals surface area contributed by atoms with E-state index in [1.54, 1.807) is 0 Å². The maximum atomic E-state index is 12.3. The van der Waals surface area contributed by atoms with Gasteiger partial charge in [-0.15, -0.1) is 0 Å². The Morgan fingerprint density at radius 3 is 2.77 bits per heavy atom. The van der Waals surface area contributed by atoms with Crippen molar-refractivity contribution in [3.05, 3.63) is 39.0 Å². The van der Waals surface area contributed by atoms with Crippen LogP contribution in [0.5, 0.6) is 0 Å². The lowest BCUT2D eigenvalue weighted by Crippen LogP contribution is -2.18. The molecule has 2 rings (SSSR count). The number of aryl methyl sites for hydroxylation is 1. The van der Waals surface area contributed by atoms with Crippen molar-refractivity contribution in [3.8, 4) is 0 Å². The van der Waals surface area contributed by atoms with Gasteiger partial charge in [0, 0.05) is 26.1 Å². The largest absolute Gasteiger partial charge is 0.466 e. The quantitative estimate of drug-likeness (QED) is 0.647. The van der Waals surface area contributed by atoms with Crippen LogP contribution < -0.4 is 0 Å². The van der Waals surface area contributed by atoms with Gasteiger partial charge in [0.05, 0.1) is 18.0 Å². The number of nitrogens with zero attached hydrogens (tertiary/aromatic N) is 1. The molecule has 0 saturated heterocycles. The normalized spacial score (nSPS) is 12.4. The molecule has 0 saturated carbocycles. The van der Waals surface area contributed by atoms with E-state index in [-0.39, 0.29) is 11.9 Å². The molecule has 1 aromatic carbocycles. The van der Waals surface area contributed by atoms with Crippen LogP contribution in [-0.4, -0.2) is 17.6 Å². The number of ether oxygens (including phenoxy) is 1. The van der Waals surface area contributed by atoms with Crippen molar-refractivity contribution in [1.29, 1.82) is 0 Å². The molecule has 0 aliphatic carbocycles. The molecule has 22 heavy (non-hydrogen) atoms. The summed E-state index contributed by atoms with van der Waals surface area (Å²) in [5.74, 6) is -0.508. The van der Waals surface area contributed by atoms with E-state index in [1.165, 1.54) is 0 Å². The number of halogens is 2. The Hall–Kier alpha value is -1.13. The van der Waals surface area contributed by atoms with Gasteiger partial charge in [-0.25, -0.2) is 0 Å². The van der Waals surface area contributed by atoms with Crippen molar-refractivity contribution in [3.63, 3.8) is 0 Å². The van der Waals surface area contributed by atoms with Crippen molar-refractivity contribution < 1.29 is 9.53 Å². The third kappa shape index (κ3) is 3.44. The minimum absolute atomic E-state index is 0.198. The zero-order valence-electron chi connectivity index (χ0n) is 13.0. The minimum Gasteiger partial charge on any atom is -0.466 e. The highest BCUT2D eigenvalue weighted by atomic mass is 79.9. The molecule has 0 radical (unpaired) electrons. The van der Waals surface area contributed by atoms with Gasteiger partial charge in [0.1, 0.15) is 0 Å². The van der Waals surface area contributed by atoms with Crippen LogP contribution in [0.15, 0.2) is 22.7 Å². The summed E-state index contributed by atoms with van der Waals surface area (Å²) in [4.78, 5) is 17.0. The van der Waals surface area contributed by atoms with E-state index >= 15 is 0 Å². The van der Waals surface area contributed by atoms with E-state index in [9.17, 15) is 4.79 Å². The molecular weight excluding hydrogens is 366 g/mol. The molecule has 1 unspecified atom stereocenters. The summed E-state index contributed by atoms with van der Waals surface area (Å²) in [5.41, 5.74) is 2.60. The van der Waals surface area contributed by atoms with Crippen LogP contribution in [0.2, 0.25) is 5.02 Å². The Kier molecular flexibility index (Phi) is 5.81. The maximum absolute atomic E-state index is 12.3. The second kappa shape index (κ2) is 7.42. The van der Waals surface area contributed by atoms with Crippen LogP contribution in [0.4, 0.5) is 0 Å². The van der Waals surface area contributed by atoms with Gasteiger partial charge >= 0.3 is 5.97 Å². The summed E-state index contributed by atoms with van der Waals surface area (Å²) < 4.78 is 6.12. The number of carbonyl (C=O) groups excluding carboxylic acids is 1. The standard InChI is InChI=1S/C17H19BrClNO2/c1-4-6-12(17(21)22-5-2)15-10(3)20-14-8-7-11(19)9-13(14)16(15)18/h7-9,12H,4-6H2,1-3H3. The number of pyridine rings is 1. The molecule has 0 spiro atoms. The lowest BCUT2D eigenvalue weighted by molar-refractivity contribution is -0.145. The summed E-state index contributed by atoms with van der Waals surface area (Å²) >= 11 is 9.75. The van der Waals surface area contributed by atoms with Crippen LogP contribution in [0.3, 0.4) is 0 Å². The molecule has 0 aliphatic heterocycles. The molecule has 0 aliphatic rings. The second-order valence-corrected chi connectivity index (χ2v) is 6.41. The SMILES string of the molecule is CCCC(C(=O)OCC)c1c(C)nc2ccc(Cl)cc2c1Br. The van der Waals surface area contributed by atoms with Crippen LogP contribution >= 0.6 is 27.5 Å². The second-order valence-electron chi connectivity index (χ2n) is 5.18. The Balaban J connectivity index is 2.63. The first-order valence-electron chi connectivity index (χ1n) is 7.41. The molecule has 0 N–H and O–H groups in total. The lowest BCUT2D eigenvalue weighted by atomic mass is 9.92. The van der Waals surface area contributed by atoms with E-state index in [1.807, 2.05) is 32.0 Å². The Labute approximate surface area is 144 Å². The van der Waals surface area contributed by atoms with E-state index in [0.717, 1.165) is 39.5 Å². The molecule has 5 heteroatoms. The monoisotopic (exact) mass is 383 g/mol. The number of hydrogen-bond donors (Lipinski definition) is 0. The highest BCUT2D eigenvalue weighted by Gasteiger charge is 2.27. The number of rotatable bonds is 5. The van der Waals surface area contributed by atoms with Crippen LogP contribution in [0, 0.1) is 6.92 Å². The summed E-state index contributed by atoms with van der Waals surface area (Å²) in [6.45, 7) is 6.18. The fraction of sp³-hybridized carbons (Fsp3) is 0.412. The Bertz CT molecular complexity index is 703. The third-order valence-corrected chi connectivity index (χ3v) is 4.70. The van der Waals surface area contributed by atoms with Crippen LogP contribution in [0.25, 0.3) is 10.9 Å². The first-order valence-corrected chi connectivity index (χ1v) is 8.58. The van der Waals surface area contributed by atoms with Crippen molar-refractivity contribution in [1.82, 2.24) is 4.98 Å². The first kappa shape index (κ1) is 17.2. The molecule has 0 bridgehead atoms. The van der Waals surface area contributed by atoms with Gasteiger partial charge in [-0.3, -0.25) is 9.78 Å². The van der Waals surface area contributed by atoms with Crippen molar-refractivity contribution in [2.24, 2.45) is 0 Å². The molecule has 118 valence electrons. The minimum atomic E-state index is -0.310. The molecule has 3 nitrogen and oxygen atoms in total. The number of esters is 1. The zero-order chi connectivity index (χ0) is 16.3. The predicted octanol–water partition coefficient (Wildman–Crippen LogP) is 5.41. The smallest absolute Gasteiger partial charge is 0.313 e. The number of carbonyl (C=O) groups is 1. The van der Waals surface area contributed by atoms with Gasteiger partial charge in [0.25, 0.3) is 0 Å². The summed E-state index contributed by atoms with van der Waals surface area (Å²) in [6.07, 6.45) is 1.62. The average Bonchev–Trinajstić information content (AvgIpc) is 2.47. The van der Waals surface area contributed by atoms with Gasteiger partial charge in [-0.1, -0.05) is 24.9 Å². The van der Waals surface area contributed by atoms with E-state index in [2.05, 4.69) is 27.8 Å². The predicted molar refractivity (Wildman–Crippen MR) is 93.5 cm³/mol. The molecule has 0 amide bonds. The molecule has 2 aromatic rings. The summed E-state index contributed by atoms with van der Waals surface area (Å²) in [5, 5.41) is 1.56. The number of fused-ring (bicyclic) bond motifs is 1. The van der Waals surface area contributed by atoms with Crippen LogP contribution in [0.1, 0.15) is 43.9 Å². The van der Waals surface area contributed by atoms with Crippen molar-refractivity contribution in [2.45, 2.75) is 39.5 Å². The van der Waals surface area contributed by atoms with E-state index in [4.69, 9.17) is 16.3 Å². The van der Waals surface area contributed by atoms with E-state index < -0.39 is 0 Å². The summed E-state index contributed by atoms with van der Waals surface area (Å²) in [7, 11) is 0. The highest BCUT2D eigenvalue weighted by molar-refractivity contribution is 9.10. The molecule has 0 fully saturated rings. The first-order chi connectivity index (χ1) is 10.5. The van der Waals surface area contributed by atoms with Crippen molar-refractivity contribution in [2.75, 3.05) is 6.61 Å². The average molecular weight is 385 g/mol. The maximum Gasteiger partial charge on any atom is 0.313 e. The summed E-state index contributed by atoms with van der Waals surface area (Å²) in [6, 6.07) is 5.57. The Morgan fingerprint density at radius 1 is 1.41 bits per heavy atom. The van der Waals surface area contributed by atoms with Crippen molar-refractivity contribution >= 4 is 44.4 Å². The van der Waals surface area contributed by atoms with Gasteiger partial charge in [-0.05, 0) is 54.4 Å². The molecule has 1 aromatic heterocycles. The zero-order valence-corrected chi connectivity index (χ0v) is 15.3. The topological polar surface area (TPSA) is 39.2 Å². The van der Waals surface area contributed by atoms with Gasteiger partial charge in [0.15, 0.2) is 0 Å². The number of aromatic nitrogens is 1.